The van der Waals surface area contributed by atoms with Gasteiger partial charge in [-0.25, -0.2) is 0 Å². The van der Waals surface area contributed by atoms with Gasteiger partial charge >= 0.3 is 13.2 Å². The predicted molar refractivity (Wildman–Crippen MR) is 59.5 cm³/mol. The summed E-state index contributed by atoms with van der Waals surface area (Å²) < 4.78 is 56.8. The second kappa shape index (κ2) is 6.60. The third-order valence-corrected chi connectivity index (χ3v) is 2.36. The zero-order chi connectivity index (χ0) is 14.6. The number of hydrogen-bond acceptors (Lipinski definition) is 3. The van der Waals surface area contributed by atoms with Crippen LogP contribution in [-0.2, 0) is 0 Å². The molecule has 1 aromatic carbocycles. The third kappa shape index (κ3) is 4.94. The van der Waals surface area contributed by atoms with Gasteiger partial charge in [0.1, 0.15) is 11.5 Å². The first kappa shape index (κ1) is 15.6. The molecule has 0 bridgehead atoms. The number of aliphatic hydroxyl groups is 1. The number of hydrogen-bond donors (Lipinski definition) is 1. The molecule has 0 saturated heterocycles. The van der Waals surface area contributed by atoms with E-state index in [9.17, 15) is 22.7 Å². The molecule has 7 heteroatoms. The van der Waals surface area contributed by atoms with Gasteiger partial charge in [-0.05, 0) is 31.5 Å². The highest BCUT2D eigenvalue weighted by atomic mass is 19.3. The second-order valence-electron chi connectivity index (χ2n) is 3.84. The monoisotopic (exact) mass is 281 g/mol. The van der Waals surface area contributed by atoms with Crippen molar-refractivity contribution < 1.29 is 32.1 Å². The number of halogens is 4. The van der Waals surface area contributed by atoms with Gasteiger partial charge in [-0.1, -0.05) is 0 Å². The zero-order valence-electron chi connectivity index (χ0n) is 10.0. The van der Waals surface area contributed by atoms with Crippen molar-refractivity contribution >= 4 is 0 Å². The summed E-state index contributed by atoms with van der Waals surface area (Å²) in [6, 6.07) is 3.29. The van der Waals surface area contributed by atoms with E-state index in [2.05, 4.69) is 16.4 Å². The lowest BCUT2D eigenvalue weighted by molar-refractivity contribution is -0.0543. The van der Waals surface area contributed by atoms with E-state index in [4.69, 9.17) is 0 Å². The molecule has 0 aliphatic heterocycles. The lowest BCUT2D eigenvalue weighted by atomic mass is 9.96. The quantitative estimate of drug-likeness (QED) is 0.814. The van der Waals surface area contributed by atoms with E-state index in [0.717, 1.165) is 6.07 Å². The second-order valence-corrected chi connectivity index (χ2v) is 3.84. The molecule has 19 heavy (non-hydrogen) atoms. The van der Waals surface area contributed by atoms with E-state index in [0.29, 0.717) is 0 Å². The molecule has 0 amide bonds. The fourth-order valence-electron chi connectivity index (χ4n) is 1.43. The van der Waals surface area contributed by atoms with E-state index in [1.165, 1.54) is 19.1 Å². The Balaban J connectivity index is 3.08. The number of rotatable bonds is 6. The van der Waals surface area contributed by atoms with Crippen LogP contribution in [0.1, 0.15) is 18.4 Å². The van der Waals surface area contributed by atoms with Crippen molar-refractivity contribution in [1.29, 1.82) is 0 Å². The van der Waals surface area contributed by atoms with E-state index in [1.807, 2.05) is 0 Å². The molecule has 0 aliphatic rings. The van der Waals surface area contributed by atoms with Gasteiger partial charge in [0, 0.05) is 12.0 Å². The number of benzene rings is 1. The molecule has 1 aromatic rings. The van der Waals surface area contributed by atoms with Crippen LogP contribution in [0.4, 0.5) is 17.6 Å². The summed E-state index contributed by atoms with van der Waals surface area (Å²) in [4.78, 5) is 0. The summed E-state index contributed by atoms with van der Waals surface area (Å²) in [6.07, 6.45) is -0.888. The van der Waals surface area contributed by atoms with Crippen LogP contribution in [0, 0.1) is 6.92 Å². The van der Waals surface area contributed by atoms with Crippen LogP contribution < -0.4 is 9.47 Å². The Kier molecular flexibility index (Phi) is 5.41. The maximum atomic E-state index is 12.1. The van der Waals surface area contributed by atoms with Crippen molar-refractivity contribution in [2.45, 2.75) is 32.2 Å². The summed E-state index contributed by atoms with van der Waals surface area (Å²) in [5.74, 6) is -1.36. The van der Waals surface area contributed by atoms with Crippen molar-refractivity contribution in [1.82, 2.24) is 0 Å². The molecule has 1 N–H and O–H groups in total. The van der Waals surface area contributed by atoms with Crippen molar-refractivity contribution in [3.63, 3.8) is 0 Å². The van der Waals surface area contributed by atoms with Crippen LogP contribution in [0.25, 0.3) is 0 Å². The minimum absolute atomic E-state index is 0.254. The molecular weight excluding hydrogens is 268 g/mol. The van der Waals surface area contributed by atoms with Gasteiger partial charge in [-0.2, -0.15) is 17.6 Å². The van der Waals surface area contributed by atoms with Gasteiger partial charge in [-0.15, -0.1) is 0 Å². The molecule has 107 valence electrons. The summed E-state index contributed by atoms with van der Waals surface area (Å²) >= 11 is 0. The smallest absolute Gasteiger partial charge is 0.387 e. The maximum Gasteiger partial charge on any atom is 0.387 e. The molecule has 1 radical (unpaired) electrons. The zero-order valence-corrected chi connectivity index (χ0v) is 10.0. The summed E-state index contributed by atoms with van der Waals surface area (Å²) in [5, 5.41) is 9.38. The summed E-state index contributed by atoms with van der Waals surface area (Å²) in [7, 11) is 0. The van der Waals surface area contributed by atoms with Crippen LogP contribution in [0.3, 0.4) is 0 Å². The SMILES string of the molecule is [CH2]C(c1cc(OC(F)F)cc(OC(F)F)c1)C(C)O. The van der Waals surface area contributed by atoms with E-state index in [-0.39, 0.29) is 17.1 Å². The van der Waals surface area contributed by atoms with Crippen LogP contribution in [-0.4, -0.2) is 24.4 Å². The van der Waals surface area contributed by atoms with Crippen LogP contribution in [0.5, 0.6) is 11.5 Å². The van der Waals surface area contributed by atoms with Crippen LogP contribution in [0.15, 0.2) is 18.2 Å². The first-order valence-electron chi connectivity index (χ1n) is 5.35. The summed E-state index contributed by atoms with van der Waals surface area (Å²) in [5.41, 5.74) is 0.254. The molecule has 0 aromatic heterocycles. The molecule has 0 heterocycles. The molecular formula is C12H13F4O3. The predicted octanol–water partition coefficient (Wildman–Crippen LogP) is 3.19. The molecule has 0 fully saturated rings. The van der Waals surface area contributed by atoms with Gasteiger partial charge in [0.25, 0.3) is 0 Å². The topological polar surface area (TPSA) is 38.7 Å². The van der Waals surface area contributed by atoms with Crippen LogP contribution >= 0.6 is 0 Å². The molecule has 0 aliphatic carbocycles. The number of ether oxygens (including phenoxy) is 2. The van der Waals surface area contributed by atoms with E-state index < -0.39 is 25.2 Å². The van der Waals surface area contributed by atoms with Gasteiger partial charge in [0.05, 0.1) is 6.10 Å². The largest absolute Gasteiger partial charge is 0.435 e. The Bertz CT molecular complexity index is 382. The lowest BCUT2D eigenvalue weighted by Gasteiger charge is -2.17. The number of aliphatic hydroxyl groups excluding tert-OH is 1. The first-order chi connectivity index (χ1) is 8.79. The summed E-state index contributed by atoms with van der Waals surface area (Å²) in [6.45, 7) is -1.14. The van der Waals surface area contributed by atoms with Crippen molar-refractivity contribution in [3.8, 4) is 11.5 Å². The standard InChI is InChI=1S/C12H13F4O3/c1-6(7(2)17)8-3-9(18-11(13)14)5-10(4-8)19-12(15)16/h3-7,11-12,17H,1H2,2H3. The minimum atomic E-state index is -3.09. The van der Waals surface area contributed by atoms with Crippen molar-refractivity contribution in [2.75, 3.05) is 0 Å². The fraction of sp³-hybridized carbons (Fsp3) is 0.417. The van der Waals surface area contributed by atoms with Gasteiger partial charge in [0.2, 0.25) is 0 Å². The molecule has 3 nitrogen and oxygen atoms in total. The average Bonchev–Trinajstić information content (AvgIpc) is 2.25. The molecule has 1 rings (SSSR count). The van der Waals surface area contributed by atoms with E-state index >= 15 is 0 Å². The van der Waals surface area contributed by atoms with Crippen molar-refractivity contribution in [2.24, 2.45) is 0 Å². The van der Waals surface area contributed by atoms with Gasteiger partial charge < -0.3 is 14.6 Å². The van der Waals surface area contributed by atoms with E-state index in [1.54, 1.807) is 0 Å². The highest BCUT2D eigenvalue weighted by molar-refractivity contribution is 5.40. The Labute approximate surface area is 107 Å². The number of alkyl halides is 4. The molecule has 2 unspecified atom stereocenters. The highest BCUT2D eigenvalue weighted by Crippen LogP contribution is 2.30. The van der Waals surface area contributed by atoms with Gasteiger partial charge in [0.15, 0.2) is 0 Å². The van der Waals surface area contributed by atoms with Gasteiger partial charge in [-0.3, -0.25) is 0 Å². The maximum absolute atomic E-state index is 12.1. The Morgan fingerprint density at radius 2 is 1.42 bits per heavy atom. The fourth-order valence-corrected chi connectivity index (χ4v) is 1.43. The highest BCUT2D eigenvalue weighted by Gasteiger charge is 2.17. The molecule has 0 spiro atoms. The third-order valence-electron chi connectivity index (χ3n) is 2.36. The average molecular weight is 281 g/mol. The Morgan fingerprint density at radius 3 is 1.74 bits per heavy atom. The normalized spacial score (nSPS) is 14.6. The van der Waals surface area contributed by atoms with Crippen LogP contribution in [0.2, 0.25) is 0 Å². The first-order valence-corrected chi connectivity index (χ1v) is 5.35. The Morgan fingerprint density at radius 1 is 1.00 bits per heavy atom. The minimum Gasteiger partial charge on any atom is -0.435 e. The molecule has 2 atom stereocenters. The Hall–Kier alpha value is -1.50. The van der Waals surface area contributed by atoms with Crippen molar-refractivity contribution in [3.05, 3.63) is 30.7 Å². The lowest BCUT2D eigenvalue weighted by Crippen LogP contribution is -2.12. The molecule has 0 saturated carbocycles.